The summed E-state index contributed by atoms with van der Waals surface area (Å²) in [4.78, 5) is 13.8. The first-order valence-corrected chi connectivity index (χ1v) is 6.27. The molecule has 3 N–H and O–H groups in total. The van der Waals surface area contributed by atoms with Crippen molar-refractivity contribution in [3.05, 3.63) is 35.4 Å². The summed E-state index contributed by atoms with van der Waals surface area (Å²) in [7, 11) is 1.72. The van der Waals surface area contributed by atoms with Crippen LogP contribution in [0.4, 0.5) is 0 Å². The standard InChI is InChI=1S/C14H21N3O2/c1-4-12(13(15)16-19)14(18)17(3)9-11-7-5-10(2)6-8-11/h5-8,12,19H,4,9H2,1-3H3,(H2,15,16). The maximum Gasteiger partial charge on any atom is 0.233 e. The Labute approximate surface area is 113 Å². The Morgan fingerprint density at radius 2 is 2.00 bits per heavy atom. The number of benzene rings is 1. The minimum Gasteiger partial charge on any atom is -0.409 e. The van der Waals surface area contributed by atoms with Crippen LogP contribution in [0.1, 0.15) is 24.5 Å². The average molecular weight is 263 g/mol. The number of carbonyl (C=O) groups excluding carboxylic acids is 1. The molecule has 1 unspecified atom stereocenters. The van der Waals surface area contributed by atoms with Crippen LogP contribution in [0.3, 0.4) is 0 Å². The van der Waals surface area contributed by atoms with E-state index in [0.717, 1.165) is 5.56 Å². The zero-order valence-electron chi connectivity index (χ0n) is 11.6. The molecule has 0 heterocycles. The molecule has 0 saturated carbocycles. The third-order valence-electron chi connectivity index (χ3n) is 3.10. The molecule has 1 rings (SSSR count). The molecular weight excluding hydrogens is 242 g/mol. The smallest absolute Gasteiger partial charge is 0.233 e. The minimum atomic E-state index is -0.569. The Balaban J connectivity index is 2.74. The number of aryl methyl sites for hydroxylation is 1. The first-order valence-electron chi connectivity index (χ1n) is 6.27. The lowest BCUT2D eigenvalue weighted by Crippen LogP contribution is -2.39. The van der Waals surface area contributed by atoms with Crippen LogP contribution in [0, 0.1) is 12.8 Å². The van der Waals surface area contributed by atoms with Gasteiger partial charge in [0.25, 0.3) is 0 Å². The molecule has 0 radical (unpaired) electrons. The SMILES string of the molecule is CCC(C(=O)N(C)Cc1ccc(C)cc1)C(N)=NO. The molecule has 0 aliphatic rings. The minimum absolute atomic E-state index is 0.0387. The quantitative estimate of drug-likeness (QED) is 0.367. The van der Waals surface area contributed by atoms with Crippen molar-refractivity contribution in [1.29, 1.82) is 0 Å². The second-order valence-corrected chi connectivity index (χ2v) is 4.67. The van der Waals surface area contributed by atoms with E-state index in [1.165, 1.54) is 5.56 Å². The van der Waals surface area contributed by atoms with Gasteiger partial charge in [0, 0.05) is 13.6 Å². The normalized spacial score (nSPS) is 13.1. The molecule has 1 aromatic rings. The van der Waals surface area contributed by atoms with Crippen molar-refractivity contribution in [1.82, 2.24) is 4.90 Å². The maximum absolute atomic E-state index is 12.2. The van der Waals surface area contributed by atoms with Crippen molar-refractivity contribution in [2.45, 2.75) is 26.8 Å². The highest BCUT2D eigenvalue weighted by Gasteiger charge is 2.24. The number of hydrogen-bond donors (Lipinski definition) is 2. The lowest BCUT2D eigenvalue weighted by Gasteiger charge is -2.22. The summed E-state index contributed by atoms with van der Waals surface area (Å²) in [5.74, 6) is -0.748. The average Bonchev–Trinajstić information content (AvgIpc) is 2.41. The van der Waals surface area contributed by atoms with Gasteiger partial charge in [-0.25, -0.2) is 0 Å². The molecule has 0 aliphatic carbocycles. The molecule has 19 heavy (non-hydrogen) atoms. The van der Waals surface area contributed by atoms with Crippen LogP contribution in [0.15, 0.2) is 29.4 Å². The number of nitrogens with zero attached hydrogens (tertiary/aromatic N) is 2. The van der Waals surface area contributed by atoms with Crippen molar-refractivity contribution in [2.24, 2.45) is 16.8 Å². The number of amidine groups is 1. The van der Waals surface area contributed by atoms with Gasteiger partial charge in [-0.15, -0.1) is 0 Å². The van der Waals surface area contributed by atoms with Crippen LogP contribution in [0.2, 0.25) is 0 Å². The molecule has 0 saturated heterocycles. The van der Waals surface area contributed by atoms with E-state index < -0.39 is 5.92 Å². The van der Waals surface area contributed by atoms with Gasteiger partial charge >= 0.3 is 0 Å². The van der Waals surface area contributed by atoms with E-state index in [4.69, 9.17) is 10.9 Å². The van der Waals surface area contributed by atoms with Crippen LogP contribution in [-0.2, 0) is 11.3 Å². The fraction of sp³-hybridized carbons (Fsp3) is 0.429. The molecule has 0 aromatic heterocycles. The van der Waals surface area contributed by atoms with E-state index in [9.17, 15) is 4.79 Å². The number of oxime groups is 1. The summed E-state index contributed by atoms with van der Waals surface area (Å²) >= 11 is 0. The second-order valence-electron chi connectivity index (χ2n) is 4.67. The summed E-state index contributed by atoms with van der Waals surface area (Å²) in [6, 6.07) is 8.00. The van der Waals surface area contributed by atoms with Crippen molar-refractivity contribution >= 4 is 11.7 Å². The van der Waals surface area contributed by atoms with Crippen LogP contribution in [0.5, 0.6) is 0 Å². The lowest BCUT2D eigenvalue weighted by molar-refractivity contribution is -0.132. The van der Waals surface area contributed by atoms with Crippen molar-refractivity contribution in [3.8, 4) is 0 Å². The summed E-state index contributed by atoms with van der Waals surface area (Å²) in [5, 5.41) is 11.6. The molecule has 0 aliphatic heterocycles. The zero-order chi connectivity index (χ0) is 14.4. The predicted molar refractivity (Wildman–Crippen MR) is 74.8 cm³/mol. The van der Waals surface area contributed by atoms with E-state index in [-0.39, 0.29) is 11.7 Å². The summed E-state index contributed by atoms with van der Waals surface area (Å²) in [6.45, 7) is 4.36. The highest BCUT2D eigenvalue weighted by molar-refractivity contribution is 6.01. The monoisotopic (exact) mass is 263 g/mol. The Hall–Kier alpha value is -2.04. The molecule has 0 bridgehead atoms. The molecule has 1 amide bonds. The van der Waals surface area contributed by atoms with Crippen molar-refractivity contribution < 1.29 is 10.0 Å². The Morgan fingerprint density at radius 1 is 1.42 bits per heavy atom. The maximum atomic E-state index is 12.2. The van der Waals surface area contributed by atoms with Gasteiger partial charge in [0.05, 0.1) is 5.92 Å². The van der Waals surface area contributed by atoms with E-state index in [0.29, 0.717) is 13.0 Å². The molecule has 0 spiro atoms. The highest BCUT2D eigenvalue weighted by atomic mass is 16.4. The molecule has 104 valence electrons. The van der Waals surface area contributed by atoms with Gasteiger partial charge < -0.3 is 15.8 Å². The van der Waals surface area contributed by atoms with E-state index in [1.807, 2.05) is 38.1 Å². The lowest BCUT2D eigenvalue weighted by atomic mass is 10.0. The Morgan fingerprint density at radius 3 is 2.47 bits per heavy atom. The third-order valence-corrected chi connectivity index (χ3v) is 3.10. The number of rotatable bonds is 5. The first kappa shape index (κ1) is 15.0. The summed E-state index contributed by atoms with van der Waals surface area (Å²) < 4.78 is 0. The van der Waals surface area contributed by atoms with Crippen LogP contribution >= 0.6 is 0 Å². The first-order chi connectivity index (χ1) is 8.99. The van der Waals surface area contributed by atoms with E-state index >= 15 is 0 Å². The number of carbonyl (C=O) groups is 1. The van der Waals surface area contributed by atoms with E-state index in [2.05, 4.69) is 5.16 Å². The molecule has 1 aromatic carbocycles. The number of amides is 1. The van der Waals surface area contributed by atoms with Gasteiger partial charge in [-0.1, -0.05) is 41.9 Å². The van der Waals surface area contributed by atoms with Gasteiger partial charge in [0.15, 0.2) is 5.84 Å². The topological polar surface area (TPSA) is 78.9 Å². The van der Waals surface area contributed by atoms with E-state index in [1.54, 1.807) is 11.9 Å². The van der Waals surface area contributed by atoms with Crippen molar-refractivity contribution in [3.63, 3.8) is 0 Å². The number of nitrogens with two attached hydrogens (primary N) is 1. The zero-order valence-corrected chi connectivity index (χ0v) is 11.6. The van der Waals surface area contributed by atoms with Gasteiger partial charge in [0.2, 0.25) is 5.91 Å². The van der Waals surface area contributed by atoms with Crippen molar-refractivity contribution in [2.75, 3.05) is 7.05 Å². The predicted octanol–water partition coefficient (Wildman–Crippen LogP) is 1.73. The van der Waals surface area contributed by atoms with Gasteiger partial charge in [-0.05, 0) is 18.9 Å². The Kier molecular flexibility index (Phi) is 5.36. The second kappa shape index (κ2) is 6.78. The summed E-state index contributed by atoms with van der Waals surface area (Å²) in [6.07, 6.45) is 0.507. The molecule has 0 fully saturated rings. The van der Waals surface area contributed by atoms with Gasteiger partial charge in [0.1, 0.15) is 0 Å². The third kappa shape index (κ3) is 3.98. The largest absolute Gasteiger partial charge is 0.409 e. The summed E-state index contributed by atoms with van der Waals surface area (Å²) in [5.41, 5.74) is 7.77. The van der Waals surface area contributed by atoms with Crippen LogP contribution in [0.25, 0.3) is 0 Å². The van der Waals surface area contributed by atoms with Crippen LogP contribution in [-0.4, -0.2) is 28.9 Å². The molecular formula is C14H21N3O2. The highest BCUT2D eigenvalue weighted by Crippen LogP contribution is 2.11. The fourth-order valence-corrected chi connectivity index (χ4v) is 1.89. The molecule has 5 heteroatoms. The fourth-order valence-electron chi connectivity index (χ4n) is 1.89. The molecule has 5 nitrogen and oxygen atoms in total. The van der Waals surface area contributed by atoms with Gasteiger partial charge in [-0.3, -0.25) is 4.79 Å². The molecule has 1 atom stereocenters. The van der Waals surface area contributed by atoms with Gasteiger partial charge in [-0.2, -0.15) is 0 Å². The number of hydrogen-bond acceptors (Lipinski definition) is 3. The Bertz CT molecular complexity index is 454. The van der Waals surface area contributed by atoms with Crippen LogP contribution < -0.4 is 5.73 Å².